The van der Waals surface area contributed by atoms with Crippen LogP contribution in [0, 0.1) is 11.8 Å². The average molecular weight is 341 g/mol. The highest BCUT2D eigenvalue weighted by atomic mass is 32.2. The van der Waals surface area contributed by atoms with Gasteiger partial charge >= 0.3 is 5.97 Å². The lowest BCUT2D eigenvalue weighted by Gasteiger charge is -2.27. The summed E-state index contributed by atoms with van der Waals surface area (Å²) in [5, 5.41) is 3.18. The summed E-state index contributed by atoms with van der Waals surface area (Å²) in [6.45, 7) is 2.95. The third kappa shape index (κ3) is 5.16. The van der Waals surface area contributed by atoms with Gasteiger partial charge in [-0.05, 0) is 38.5 Å². The first-order valence-electron chi connectivity index (χ1n) is 7.82. The van der Waals surface area contributed by atoms with Gasteiger partial charge in [0.25, 0.3) is 0 Å². The minimum Gasteiger partial charge on any atom is -0.466 e. The summed E-state index contributed by atoms with van der Waals surface area (Å²) >= 11 is 0. The van der Waals surface area contributed by atoms with Gasteiger partial charge in [-0.25, -0.2) is 18.4 Å². The Morgan fingerprint density at radius 2 is 2.00 bits per heavy atom. The molecule has 128 valence electrons. The molecule has 23 heavy (non-hydrogen) atoms. The monoisotopic (exact) mass is 341 g/mol. The number of hydrogen-bond acceptors (Lipinski definition) is 7. The highest BCUT2D eigenvalue weighted by molar-refractivity contribution is 7.90. The number of ether oxygens (including phenoxy) is 1. The van der Waals surface area contributed by atoms with Gasteiger partial charge in [0.05, 0.1) is 12.5 Å². The van der Waals surface area contributed by atoms with Crippen molar-refractivity contribution >= 4 is 21.6 Å². The van der Waals surface area contributed by atoms with Crippen molar-refractivity contribution in [3.8, 4) is 0 Å². The molecule has 0 saturated heterocycles. The van der Waals surface area contributed by atoms with E-state index in [9.17, 15) is 13.2 Å². The topological polar surface area (TPSA) is 98.2 Å². The maximum absolute atomic E-state index is 11.7. The second kappa shape index (κ2) is 7.72. The minimum atomic E-state index is -3.33. The predicted octanol–water partition coefficient (Wildman–Crippen LogP) is 1.66. The van der Waals surface area contributed by atoms with Crippen LogP contribution in [0.4, 0.5) is 5.82 Å². The first-order valence-corrected chi connectivity index (χ1v) is 9.72. The number of hydrogen-bond donors (Lipinski definition) is 1. The Bertz CT molecular complexity index is 640. The number of nitrogens with one attached hydrogen (secondary N) is 1. The van der Waals surface area contributed by atoms with Crippen LogP contribution < -0.4 is 5.32 Å². The van der Waals surface area contributed by atoms with Crippen LogP contribution in [0.1, 0.15) is 32.6 Å². The van der Waals surface area contributed by atoms with Gasteiger partial charge in [-0.15, -0.1) is 0 Å². The van der Waals surface area contributed by atoms with Gasteiger partial charge in [0, 0.05) is 18.9 Å². The molecule has 7 nitrogen and oxygen atoms in total. The Kier molecular flexibility index (Phi) is 5.92. The SMILES string of the molecule is CCOC(=O)C1CCC(CNc2cc(S(C)(=O)=O)ncn2)CC1. The number of esters is 1. The van der Waals surface area contributed by atoms with Gasteiger partial charge in [0.1, 0.15) is 12.1 Å². The van der Waals surface area contributed by atoms with Gasteiger partial charge in [-0.2, -0.15) is 0 Å². The van der Waals surface area contributed by atoms with E-state index in [1.54, 1.807) is 0 Å². The van der Waals surface area contributed by atoms with Crippen molar-refractivity contribution in [2.75, 3.05) is 24.7 Å². The molecule has 1 fully saturated rings. The molecule has 0 spiro atoms. The smallest absolute Gasteiger partial charge is 0.308 e. The molecule has 0 aliphatic heterocycles. The highest BCUT2D eigenvalue weighted by Crippen LogP contribution is 2.29. The Morgan fingerprint density at radius 1 is 1.30 bits per heavy atom. The third-order valence-corrected chi connectivity index (χ3v) is 5.04. The molecular weight excluding hydrogens is 318 g/mol. The molecule has 0 aromatic carbocycles. The molecule has 8 heteroatoms. The summed E-state index contributed by atoms with van der Waals surface area (Å²) in [6, 6.07) is 1.44. The Hall–Kier alpha value is -1.70. The third-order valence-electron chi connectivity index (χ3n) is 4.06. The molecule has 2 rings (SSSR count). The molecule has 1 aliphatic carbocycles. The van der Waals surface area contributed by atoms with E-state index < -0.39 is 9.84 Å². The van der Waals surface area contributed by atoms with Crippen molar-refractivity contribution in [3.05, 3.63) is 12.4 Å². The van der Waals surface area contributed by atoms with Gasteiger partial charge in [-0.1, -0.05) is 0 Å². The van der Waals surface area contributed by atoms with Crippen LogP contribution in [0.2, 0.25) is 0 Å². The molecule has 0 atom stereocenters. The van der Waals surface area contributed by atoms with E-state index >= 15 is 0 Å². The molecule has 0 radical (unpaired) electrons. The number of nitrogens with zero attached hydrogens (tertiary/aromatic N) is 2. The normalized spacial score (nSPS) is 21.7. The number of carbonyl (C=O) groups excluding carboxylic acids is 1. The molecule has 1 heterocycles. The maximum Gasteiger partial charge on any atom is 0.308 e. The predicted molar refractivity (Wildman–Crippen MR) is 85.7 cm³/mol. The van der Waals surface area contributed by atoms with E-state index in [-0.39, 0.29) is 16.9 Å². The lowest BCUT2D eigenvalue weighted by Crippen LogP contribution is -2.27. The van der Waals surface area contributed by atoms with E-state index in [1.807, 2.05) is 6.92 Å². The van der Waals surface area contributed by atoms with Gasteiger partial charge < -0.3 is 10.1 Å². The summed E-state index contributed by atoms with van der Waals surface area (Å²) in [5.74, 6) is 0.875. The fourth-order valence-electron chi connectivity index (χ4n) is 2.75. The van der Waals surface area contributed by atoms with Crippen molar-refractivity contribution in [1.82, 2.24) is 9.97 Å². The summed E-state index contributed by atoms with van der Waals surface area (Å²) < 4.78 is 28.0. The molecule has 1 aromatic heterocycles. The summed E-state index contributed by atoms with van der Waals surface area (Å²) in [6.07, 6.45) is 5.93. The minimum absolute atomic E-state index is 0.0148. The van der Waals surface area contributed by atoms with E-state index in [2.05, 4.69) is 15.3 Å². The highest BCUT2D eigenvalue weighted by Gasteiger charge is 2.27. The molecule has 1 saturated carbocycles. The first kappa shape index (κ1) is 17.7. The second-order valence-electron chi connectivity index (χ2n) is 5.86. The number of anilines is 1. The van der Waals surface area contributed by atoms with Crippen molar-refractivity contribution in [2.45, 2.75) is 37.6 Å². The molecule has 0 bridgehead atoms. The Morgan fingerprint density at radius 3 is 2.61 bits per heavy atom. The van der Waals surface area contributed by atoms with Crippen LogP contribution in [0.25, 0.3) is 0 Å². The maximum atomic E-state index is 11.7. The summed E-state index contributed by atoms with van der Waals surface area (Å²) in [7, 11) is -3.33. The molecular formula is C15H23N3O4S. The van der Waals surface area contributed by atoms with Crippen LogP contribution in [0.3, 0.4) is 0 Å². The van der Waals surface area contributed by atoms with Crippen LogP contribution in [-0.2, 0) is 19.4 Å². The van der Waals surface area contributed by atoms with Crippen LogP contribution in [-0.4, -0.2) is 43.8 Å². The number of rotatable bonds is 6. The zero-order chi connectivity index (χ0) is 16.9. The Balaban J connectivity index is 1.83. The van der Waals surface area contributed by atoms with Crippen molar-refractivity contribution in [2.24, 2.45) is 11.8 Å². The summed E-state index contributed by atoms with van der Waals surface area (Å²) in [5.41, 5.74) is 0. The van der Waals surface area contributed by atoms with Gasteiger partial charge in [-0.3, -0.25) is 4.79 Å². The fraction of sp³-hybridized carbons (Fsp3) is 0.667. The molecule has 0 amide bonds. The standard InChI is InChI=1S/C15H23N3O4S/c1-3-22-15(19)12-6-4-11(5-7-12)9-16-13-8-14(18-10-17-13)23(2,20)21/h8,10-12H,3-7,9H2,1-2H3,(H,16,17,18). The van der Waals surface area contributed by atoms with Crippen molar-refractivity contribution in [1.29, 1.82) is 0 Å². The van der Waals surface area contributed by atoms with E-state index in [4.69, 9.17) is 4.74 Å². The van der Waals surface area contributed by atoms with E-state index in [1.165, 1.54) is 12.4 Å². The first-order chi connectivity index (χ1) is 10.9. The van der Waals surface area contributed by atoms with E-state index in [0.29, 0.717) is 24.9 Å². The number of sulfone groups is 1. The quantitative estimate of drug-likeness (QED) is 0.620. The lowest BCUT2D eigenvalue weighted by molar-refractivity contribution is -0.149. The second-order valence-corrected chi connectivity index (χ2v) is 7.83. The number of carbonyl (C=O) groups is 1. The molecule has 1 aliphatic rings. The number of aromatic nitrogens is 2. The van der Waals surface area contributed by atoms with Crippen LogP contribution in [0.15, 0.2) is 17.4 Å². The fourth-order valence-corrected chi connectivity index (χ4v) is 3.31. The molecule has 0 unspecified atom stereocenters. The zero-order valence-electron chi connectivity index (χ0n) is 13.5. The van der Waals surface area contributed by atoms with E-state index in [0.717, 1.165) is 31.9 Å². The molecule has 1 N–H and O–H groups in total. The van der Waals surface area contributed by atoms with Crippen molar-refractivity contribution in [3.63, 3.8) is 0 Å². The molecule has 1 aromatic rings. The van der Waals surface area contributed by atoms with Crippen molar-refractivity contribution < 1.29 is 17.9 Å². The Labute approximate surface area is 136 Å². The average Bonchev–Trinajstić information content (AvgIpc) is 2.53. The zero-order valence-corrected chi connectivity index (χ0v) is 14.3. The van der Waals surface area contributed by atoms with Crippen LogP contribution >= 0.6 is 0 Å². The summed E-state index contributed by atoms with van der Waals surface area (Å²) in [4.78, 5) is 19.5. The lowest BCUT2D eigenvalue weighted by atomic mass is 9.82. The van der Waals surface area contributed by atoms with Crippen LogP contribution in [0.5, 0.6) is 0 Å². The largest absolute Gasteiger partial charge is 0.466 e. The van der Waals surface area contributed by atoms with Gasteiger partial charge in [0.15, 0.2) is 14.9 Å². The van der Waals surface area contributed by atoms with Gasteiger partial charge in [0.2, 0.25) is 0 Å².